The summed E-state index contributed by atoms with van der Waals surface area (Å²) in [6.45, 7) is 1.21. The molecule has 2 unspecified atom stereocenters. The lowest BCUT2D eigenvalue weighted by atomic mass is 10.1. The Morgan fingerprint density at radius 2 is 2.16 bits per heavy atom. The third kappa shape index (κ3) is 3.02. The smallest absolute Gasteiger partial charge is 0.292 e. The molecular weight excluding hydrogens is 246 g/mol. The van der Waals surface area contributed by atoms with Crippen LogP contribution in [-0.2, 0) is 0 Å². The molecule has 0 aromatic heterocycles. The van der Waals surface area contributed by atoms with Gasteiger partial charge in [0.1, 0.15) is 5.69 Å². The molecule has 1 N–H and O–H groups in total. The minimum Gasteiger partial charge on any atom is -0.391 e. The predicted molar refractivity (Wildman–Crippen MR) is 73.4 cm³/mol. The predicted octanol–water partition coefficient (Wildman–Crippen LogP) is 1.10. The molecule has 0 amide bonds. The molecule has 1 aromatic rings. The maximum atomic E-state index is 11.1. The van der Waals surface area contributed by atoms with Gasteiger partial charge in [-0.15, -0.1) is 0 Å². The van der Waals surface area contributed by atoms with Crippen molar-refractivity contribution in [2.75, 3.05) is 32.1 Å². The van der Waals surface area contributed by atoms with Gasteiger partial charge in [0.05, 0.1) is 11.0 Å². The number of hydrogen-bond acceptors (Lipinski definition) is 5. The molecule has 1 saturated heterocycles. The van der Waals surface area contributed by atoms with Gasteiger partial charge in [-0.2, -0.15) is 0 Å². The number of hydrogen-bond donors (Lipinski definition) is 1. The van der Waals surface area contributed by atoms with Crippen LogP contribution in [0.15, 0.2) is 24.3 Å². The molecule has 0 aliphatic carbocycles. The first kappa shape index (κ1) is 13.8. The molecule has 1 aromatic carbocycles. The SMILES string of the molecule is CN(C)CC1CC(O)CN1c1ccccc1[N+](=O)[O-]. The van der Waals surface area contributed by atoms with Crippen LogP contribution in [0.5, 0.6) is 0 Å². The lowest BCUT2D eigenvalue weighted by molar-refractivity contribution is -0.384. The molecule has 6 heteroatoms. The monoisotopic (exact) mass is 265 g/mol. The van der Waals surface area contributed by atoms with Crippen LogP contribution in [0.2, 0.25) is 0 Å². The summed E-state index contributed by atoms with van der Waals surface area (Å²) in [5.74, 6) is 0. The highest BCUT2D eigenvalue weighted by atomic mass is 16.6. The summed E-state index contributed by atoms with van der Waals surface area (Å²) in [6.07, 6.45) is 0.217. The highest BCUT2D eigenvalue weighted by Crippen LogP contribution is 2.33. The summed E-state index contributed by atoms with van der Waals surface area (Å²) >= 11 is 0. The summed E-state index contributed by atoms with van der Waals surface area (Å²) in [4.78, 5) is 14.7. The maximum Gasteiger partial charge on any atom is 0.292 e. The molecule has 2 atom stereocenters. The summed E-state index contributed by atoms with van der Waals surface area (Å²) in [7, 11) is 3.92. The number of nitro benzene ring substituents is 1. The number of nitrogens with zero attached hydrogens (tertiary/aromatic N) is 3. The highest BCUT2D eigenvalue weighted by molar-refractivity contribution is 5.64. The Morgan fingerprint density at radius 1 is 1.47 bits per heavy atom. The molecule has 19 heavy (non-hydrogen) atoms. The molecule has 0 radical (unpaired) electrons. The van der Waals surface area contributed by atoms with E-state index in [1.54, 1.807) is 18.2 Å². The summed E-state index contributed by atoms with van der Waals surface area (Å²) in [5, 5.41) is 20.9. The van der Waals surface area contributed by atoms with Gasteiger partial charge in [0.2, 0.25) is 0 Å². The number of para-hydroxylation sites is 2. The van der Waals surface area contributed by atoms with E-state index in [4.69, 9.17) is 0 Å². The summed E-state index contributed by atoms with van der Waals surface area (Å²) < 4.78 is 0. The van der Waals surface area contributed by atoms with Crippen LogP contribution in [0.25, 0.3) is 0 Å². The van der Waals surface area contributed by atoms with Gasteiger partial charge in [-0.3, -0.25) is 10.1 Å². The van der Waals surface area contributed by atoms with E-state index in [9.17, 15) is 15.2 Å². The van der Waals surface area contributed by atoms with E-state index in [1.165, 1.54) is 6.07 Å². The van der Waals surface area contributed by atoms with Gasteiger partial charge in [0, 0.05) is 25.2 Å². The van der Waals surface area contributed by atoms with Crippen LogP contribution in [0, 0.1) is 10.1 Å². The largest absolute Gasteiger partial charge is 0.391 e. The minimum absolute atomic E-state index is 0.0976. The standard InChI is InChI=1S/C13H19N3O3/c1-14(2)8-10-7-11(17)9-15(10)12-5-3-4-6-13(12)16(18)19/h3-6,10-11,17H,7-9H2,1-2H3. The van der Waals surface area contributed by atoms with Crippen molar-refractivity contribution < 1.29 is 10.0 Å². The molecule has 104 valence electrons. The minimum atomic E-state index is -0.426. The fourth-order valence-corrected chi connectivity index (χ4v) is 2.64. The van der Waals surface area contributed by atoms with Crippen LogP contribution in [0.3, 0.4) is 0 Å². The third-order valence-corrected chi connectivity index (χ3v) is 3.36. The Hall–Kier alpha value is -1.66. The first-order valence-electron chi connectivity index (χ1n) is 6.32. The molecule has 1 aliphatic rings. The van der Waals surface area contributed by atoms with Crippen molar-refractivity contribution in [3.05, 3.63) is 34.4 Å². The Labute approximate surface area is 112 Å². The van der Waals surface area contributed by atoms with Gasteiger partial charge < -0.3 is 14.9 Å². The number of benzene rings is 1. The van der Waals surface area contributed by atoms with Crippen molar-refractivity contribution in [1.29, 1.82) is 0 Å². The van der Waals surface area contributed by atoms with Crippen LogP contribution in [0.1, 0.15) is 6.42 Å². The lowest BCUT2D eigenvalue weighted by Crippen LogP contribution is -2.37. The quantitative estimate of drug-likeness (QED) is 0.652. The van der Waals surface area contributed by atoms with Gasteiger partial charge >= 0.3 is 0 Å². The Balaban J connectivity index is 2.31. The Bertz CT molecular complexity index is 464. The molecule has 0 bridgehead atoms. The number of aliphatic hydroxyl groups is 1. The second-order valence-electron chi connectivity index (χ2n) is 5.20. The fraction of sp³-hybridized carbons (Fsp3) is 0.538. The van der Waals surface area contributed by atoms with Crippen LogP contribution >= 0.6 is 0 Å². The maximum absolute atomic E-state index is 11.1. The van der Waals surface area contributed by atoms with Crippen LogP contribution in [-0.4, -0.2) is 54.3 Å². The molecular formula is C13H19N3O3. The van der Waals surface area contributed by atoms with Crippen LogP contribution < -0.4 is 4.90 Å². The Morgan fingerprint density at radius 3 is 2.79 bits per heavy atom. The van der Waals surface area contributed by atoms with Crippen molar-refractivity contribution in [2.45, 2.75) is 18.6 Å². The first-order valence-corrected chi connectivity index (χ1v) is 6.32. The average Bonchev–Trinajstić information content (AvgIpc) is 2.69. The molecule has 1 heterocycles. The number of likely N-dealkylation sites (N-methyl/N-ethyl adjacent to an activating group) is 1. The summed E-state index contributed by atoms with van der Waals surface area (Å²) in [5.41, 5.74) is 0.691. The van der Waals surface area contributed by atoms with Crippen LogP contribution in [0.4, 0.5) is 11.4 Å². The average molecular weight is 265 g/mol. The van der Waals surface area contributed by atoms with E-state index in [0.717, 1.165) is 6.54 Å². The van der Waals surface area contributed by atoms with E-state index in [2.05, 4.69) is 0 Å². The zero-order chi connectivity index (χ0) is 14.0. The molecule has 1 fully saturated rings. The number of rotatable bonds is 4. The number of nitro groups is 1. The topological polar surface area (TPSA) is 69.8 Å². The number of anilines is 1. The second kappa shape index (κ2) is 5.54. The number of aliphatic hydroxyl groups excluding tert-OH is 1. The fourth-order valence-electron chi connectivity index (χ4n) is 2.64. The van der Waals surface area contributed by atoms with Crippen molar-refractivity contribution in [1.82, 2.24) is 4.90 Å². The van der Waals surface area contributed by atoms with Gasteiger partial charge in [-0.05, 0) is 26.6 Å². The first-order chi connectivity index (χ1) is 8.99. The molecule has 1 aliphatic heterocycles. The van der Waals surface area contributed by atoms with Crippen molar-refractivity contribution in [3.8, 4) is 0 Å². The van der Waals surface area contributed by atoms with Gasteiger partial charge in [-0.1, -0.05) is 12.1 Å². The lowest BCUT2D eigenvalue weighted by Gasteiger charge is -2.28. The van der Waals surface area contributed by atoms with Crippen molar-refractivity contribution in [3.63, 3.8) is 0 Å². The van der Waals surface area contributed by atoms with Gasteiger partial charge in [0.25, 0.3) is 5.69 Å². The molecule has 0 saturated carbocycles. The molecule has 2 rings (SSSR count). The highest BCUT2D eigenvalue weighted by Gasteiger charge is 2.34. The Kier molecular flexibility index (Phi) is 4.01. The third-order valence-electron chi connectivity index (χ3n) is 3.36. The van der Waals surface area contributed by atoms with Crippen molar-refractivity contribution >= 4 is 11.4 Å². The molecule has 0 spiro atoms. The van der Waals surface area contributed by atoms with E-state index in [-0.39, 0.29) is 16.7 Å². The second-order valence-corrected chi connectivity index (χ2v) is 5.20. The zero-order valence-electron chi connectivity index (χ0n) is 11.2. The normalized spacial score (nSPS) is 23.1. The van der Waals surface area contributed by atoms with E-state index >= 15 is 0 Å². The van der Waals surface area contributed by atoms with E-state index in [1.807, 2.05) is 23.9 Å². The van der Waals surface area contributed by atoms with Gasteiger partial charge in [0.15, 0.2) is 0 Å². The van der Waals surface area contributed by atoms with Gasteiger partial charge in [-0.25, -0.2) is 0 Å². The summed E-state index contributed by atoms with van der Waals surface area (Å²) in [6, 6.07) is 6.81. The van der Waals surface area contributed by atoms with E-state index in [0.29, 0.717) is 18.7 Å². The van der Waals surface area contributed by atoms with Crippen molar-refractivity contribution in [2.24, 2.45) is 0 Å². The number of β-amino-alcohol motifs (C(OH)–C–C–N with tert-alkyl or cyclic N) is 1. The molecule has 6 nitrogen and oxygen atoms in total. The zero-order valence-corrected chi connectivity index (χ0v) is 11.2. The van der Waals surface area contributed by atoms with E-state index < -0.39 is 6.10 Å².